The van der Waals surface area contributed by atoms with Crippen LogP contribution in [0.5, 0.6) is 5.75 Å². The maximum atomic E-state index is 12.8. The molecule has 0 saturated heterocycles. The van der Waals surface area contributed by atoms with Crippen LogP contribution in [0.4, 0.5) is 8.78 Å². The number of phenolic OH excluding ortho intramolecular Hbond substituents is 1. The fourth-order valence-corrected chi connectivity index (χ4v) is 0.902. The molecule has 0 radical (unpaired) electrons. The van der Waals surface area contributed by atoms with Crippen LogP contribution in [0.25, 0.3) is 0 Å². The van der Waals surface area contributed by atoms with Gasteiger partial charge >= 0.3 is 5.97 Å². The fourth-order valence-electron chi connectivity index (χ4n) is 0.902. The van der Waals surface area contributed by atoms with E-state index in [4.69, 9.17) is 10.2 Å². The van der Waals surface area contributed by atoms with Crippen molar-refractivity contribution >= 4 is 5.97 Å². The Labute approximate surface area is 72.2 Å². The van der Waals surface area contributed by atoms with Gasteiger partial charge in [-0.1, -0.05) is 0 Å². The molecule has 2 N–H and O–H groups in total. The average Bonchev–Trinajstić information content (AvgIpc) is 2.05. The molecule has 13 heavy (non-hydrogen) atoms. The molecule has 0 heterocycles. The summed E-state index contributed by atoms with van der Waals surface area (Å²) in [5.41, 5.74) is -0.535. The van der Waals surface area contributed by atoms with Crippen molar-refractivity contribution < 1.29 is 23.8 Å². The van der Waals surface area contributed by atoms with Crippen molar-refractivity contribution in [3.63, 3.8) is 0 Å². The summed E-state index contributed by atoms with van der Waals surface area (Å²) in [6.45, 7) is 0. The minimum Gasteiger partial charge on any atom is -0.505 e. The Morgan fingerprint density at radius 1 is 1.31 bits per heavy atom. The van der Waals surface area contributed by atoms with Crippen molar-refractivity contribution in [3.8, 4) is 5.75 Å². The zero-order valence-corrected chi connectivity index (χ0v) is 6.42. The Morgan fingerprint density at radius 3 is 2.38 bits per heavy atom. The summed E-state index contributed by atoms with van der Waals surface area (Å²) in [7, 11) is 0. The number of aromatic hydroxyl groups is 1. The fraction of sp³-hybridized carbons (Fsp3) is 0.125. The zero-order chi connectivity index (χ0) is 10.0. The summed E-state index contributed by atoms with van der Waals surface area (Å²) in [4.78, 5) is 10.2. The SMILES string of the molecule is O=C(O)Cc1c(F)ccc(F)c1O. The molecule has 0 amide bonds. The summed E-state index contributed by atoms with van der Waals surface area (Å²) >= 11 is 0. The van der Waals surface area contributed by atoms with Gasteiger partial charge in [0.2, 0.25) is 0 Å². The van der Waals surface area contributed by atoms with E-state index in [0.29, 0.717) is 0 Å². The van der Waals surface area contributed by atoms with Crippen molar-refractivity contribution in [1.29, 1.82) is 0 Å². The van der Waals surface area contributed by atoms with Gasteiger partial charge in [-0.25, -0.2) is 8.78 Å². The number of carboxylic acids is 1. The van der Waals surface area contributed by atoms with Crippen LogP contribution in [-0.4, -0.2) is 16.2 Å². The number of hydrogen-bond acceptors (Lipinski definition) is 2. The van der Waals surface area contributed by atoms with E-state index in [1.54, 1.807) is 0 Å². The van der Waals surface area contributed by atoms with E-state index in [-0.39, 0.29) is 0 Å². The van der Waals surface area contributed by atoms with E-state index in [2.05, 4.69) is 0 Å². The molecule has 1 rings (SSSR count). The van der Waals surface area contributed by atoms with Gasteiger partial charge < -0.3 is 10.2 Å². The zero-order valence-electron chi connectivity index (χ0n) is 6.42. The Hall–Kier alpha value is -1.65. The smallest absolute Gasteiger partial charge is 0.308 e. The monoisotopic (exact) mass is 188 g/mol. The lowest BCUT2D eigenvalue weighted by Crippen LogP contribution is -2.03. The standard InChI is InChI=1S/C8H6F2O3/c9-5-1-2-6(10)8(13)4(5)3-7(11)12/h1-2,13H,3H2,(H,11,12). The molecule has 1 aromatic carbocycles. The maximum absolute atomic E-state index is 12.8. The summed E-state index contributed by atoms with van der Waals surface area (Å²) < 4.78 is 25.4. The number of phenols is 1. The first-order valence-electron chi connectivity index (χ1n) is 3.40. The molecule has 0 aromatic heterocycles. The van der Waals surface area contributed by atoms with Crippen LogP contribution >= 0.6 is 0 Å². The van der Waals surface area contributed by atoms with E-state index in [0.717, 1.165) is 12.1 Å². The largest absolute Gasteiger partial charge is 0.505 e. The highest BCUT2D eigenvalue weighted by molar-refractivity contribution is 5.71. The minimum absolute atomic E-state index is 0.535. The molecule has 0 spiro atoms. The molecule has 5 heteroatoms. The number of hydrogen-bond donors (Lipinski definition) is 2. The molecular formula is C8H6F2O3. The van der Waals surface area contributed by atoms with Gasteiger partial charge in [-0.3, -0.25) is 4.79 Å². The maximum Gasteiger partial charge on any atom is 0.308 e. The van der Waals surface area contributed by atoms with Crippen LogP contribution in [0.2, 0.25) is 0 Å². The van der Waals surface area contributed by atoms with Crippen LogP contribution in [0.3, 0.4) is 0 Å². The number of rotatable bonds is 2. The minimum atomic E-state index is -1.33. The first kappa shape index (κ1) is 9.44. The molecule has 0 saturated carbocycles. The summed E-state index contributed by atoms with van der Waals surface area (Å²) in [6.07, 6.45) is -0.741. The lowest BCUT2D eigenvalue weighted by Gasteiger charge is -2.03. The van der Waals surface area contributed by atoms with Crippen molar-refractivity contribution in [2.75, 3.05) is 0 Å². The number of aliphatic carboxylic acids is 1. The number of halogens is 2. The number of benzene rings is 1. The molecule has 0 bridgehead atoms. The first-order chi connectivity index (χ1) is 6.02. The number of carbonyl (C=O) groups is 1. The van der Waals surface area contributed by atoms with Gasteiger partial charge in [0.15, 0.2) is 11.6 Å². The van der Waals surface area contributed by atoms with E-state index in [1.807, 2.05) is 0 Å². The van der Waals surface area contributed by atoms with Crippen molar-refractivity contribution in [2.45, 2.75) is 6.42 Å². The molecule has 1 aromatic rings. The third-order valence-corrected chi connectivity index (χ3v) is 1.50. The molecule has 0 fully saturated rings. The van der Waals surface area contributed by atoms with Crippen LogP contribution in [0.1, 0.15) is 5.56 Å². The Balaban J connectivity index is 3.17. The second-order valence-corrected chi connectivity index (χ2v) is 2.43. The average molecular weight is 188 g/mol. The highest BCUT2D eigenvalue weighted by Crippen LogP contribution is 2.24. The lowest BCUT2D eigenvalue weighted by atomic mass is 10.1. The quantitative estimate of drug-likeness (QED) is 0.735. The van der Waals surface area contributed by atoms with Gasteiger partial charge in [0, 0.05) is 5.56 Å². The van der Waals surface area contributed by atoms with Crippen molar-refractivity contribution in [1.82, 2.24) is 0 Å². The van der Waals surface area contributed by atoms with Gasteiger partial charge in [0.1, 0.15) is 5.82 Å². The summed E-state index contributed by atoms with van der Waals surface area (Å²) in [6, 6.07) is 1.50. The van der Waals surface area contributed by atoms with Gasteiger partial charge in [0.05, 0.1) is 6.42 Å². The topological polar surface area (TPSA) is 57.5 Å². The molecule has 0 aliphatic heterocycles. The predicted octanol–water partition coefficient (Wildman–Crippen LogP) is 1.30. The second kappa shape index (κ2) is 3.38. The molecule has 70 valence electrons. The van der Waals surface area contributed by atoms with Crippen LogP contribution in [0.15, 0.2) is 12.1 Å². The van der Waals surface area contributed by atoms with E-state index in [9.17, 15) is 13.6 Å². The molecule has 3 nitrogen and oxygen atoms in total. The third-order valence-electron chi connectivity index (χ3n) is 1.50. The normalized spacial score (nSPS) is 10.0. The molecular weight excluding hydrogens is 182 g/mol. The van der Waals surface area contributed by atoms with Crippen LogP contribution < -0.4 is 0 Å². The third kappa shape index (κ3) is 1.93. The predicted molar refractivity (Wildman–Crippen MR) is 39.4 cm³/mol. The summed E-state index contributed by atoms with van der Waals surface area (Å²) in [5, 5.41) is 17.3. The highest BCUT2D eigenvalue weighted by Gasteiger charge is 2.15. The lowest BCUT2D eigenvalue weighted by molar-refractivity contribution is -0.136. The van der Waals surface area contributed by atoms with Gasteiger partial charge in [-0.15, -0.1) is 0 Å². The second-order valence-electron chi connectivity index (χ2n) is 2.43. The highest BCUT2D eigenvalue weighted by atomic mass is 19.1. The van der Waals surface area contributed by atoms with E-state index in [1.165, 1.54) is 0 Å². The van der Waals surface area contributed by atoms with Gasteiger partial charge in [-0.05, 0) is 12.1 Å². The molecule has 0 aliphatic rings. The van der Waals surface area contributed by atoms with E-state index >= 15 is 0 Å². The Morgan fingerprint density at radius 2 is 1.85 bits per heavy atom. The number of carboxylic acid groups (broad SMARTS) is 1. The van der Waals surface area contributed by atoms with Crippen molar-refractivity contribution in [2.24, 2.45) is 0 Å². The molecule has 0 atom stereocenters. The molecule has 0 aliphatic carbocycles. The van der Waals surface area contributed by atoms with Crippen LogP contribution in [0, 0.1) is 11.6 Å². The Bertz CT molecular complexity index is 349. The van der Waals surface area contributed by atoms with E-state index < -0.39 is 35.3 Å². The van der Waals surface area contributed by atoms with Gasteiger partial charge in [-0.2, -0.15) is 0 Å². The summed E-state index contributed by atoms with van der Waals surface area (Å²) in [5.74, 6) is -4.24. The van der Waals surface area contributed by atoms with Crippen molar-refractivity contribution in [3.05, 3.63) is 29.3 Å². The van der Waals surface area contributed by atoms with Gasteiger partial charge in [0.25, 0.3) is 0 Å². The first-order valence-corrected chi connectivity index (χ1v) is 3.40. The Kier molecular flexibility index (Phi) is 2.46. The van der Waals surface area contributed by atoms with Crippen LogP contribution in [-0.2, 0) is 11.2 Å². The molecule has 0 unspecified atom stereocenters.